The summed E-state index contributed by atoms with van der Waals surface area (Å²) < 4.78 is 28.4. The molecule has 31 heavy (non-hydrogen) atoms. The summed E-state index contributed by atoms with van der Waals surface area (Å²) in [7, 11) is -3.43. The van der Waals surface area contributed by atoms with Crippen LogP contribution in [0.1, 0.15) is 54.6 Å². The minimum absolute atomic E-state index is 0.223. The zero-order valence-corrected chi connectivity index (χ0v) is 18.3. The van der Waals surface area contributed by atoms with E-state index < -0.39 is 15.6 Å². The number of nitrogens with one attached hydrogen (secondary N) is 2. The summed E-state index contributed by atoms with van der Waals surface area (Å²) >= 11 is 1.24. The summed E-state index contributed by atoms with van der Waals surface area (Å²) in [6.45, 7) is 0. The number of sulfonamides is 1. The quantitative estimate of drug-likeness (QED) is 0.435. The number of hydrogen-bond acceptors (Lipinski definition) is 6. The van der Waals surface area contributed by atoms with Gasteiger partial charge in [0.25, 0.3) is 5.91 Å². The van der Waals surface area contributed by atoms with Crippen LogP contribution in [-0.4, -0.2) is 24.6 Å². The predicted octanol–water partition coefficient (Wildman–Crippen LogP) is 3.03. The largest absolute Gasteiger partial charge is 0.619 e. The molecule has 10 heteroatoms. The van der Waals surface area contributed by atoms with Crippen molar-refractivity contribution in [2.75, 3.05) is 4.72 Å². The van der Waals surface area contributed by atoms with Crippen molar-refractivity contribution in [3.05, 3.63) is 58.5 Å². The molecule has 162 valence electrons. The number of fused-ring (bicyclic) bond motifs is 1. The van der Waals surface area contributed by atoms with Gasteiger partial charge in [-0.2, -0.15) is 4.73 Å². The number of anilines is 1. The maximum Gasteiger partial charge on any atom is 0.252 e. The van der Waals surface area contributed by atoms with Crippen LogP contribution in [0.5, 0.6) is 0 Å². The van der Waals surface area contributed by atoms with Gasteiger partial charge in [-0.15, -0.1) is 11.3 Å². The number of aromatic nitrogens is 2. The van der Waals surface area contributed by atoms with Crippen molar-refractivity contribution in [3.63, 3.8) is 0 Å². The van der Waals surface area contributed by atoms with Gasteiger partial charge in [0.15, 0.2) is 17.5 Å². The number of pyridine rings is 1. The van der Waals surface area contributed by atoms with Crippen molar-refractivity contribution >= 4 is 43.2 Å². The normalized spacial score (nSPS) is 18.2. The monoisotopic (exact) mass is 458 g/mol. The lowest BCUT2D eigenvalue weighted by Crippen LogP contribution is -2.35. The number of carbonyl (C=O) groups excluding carboxylic acids is 1. The van der Waals surface area contributed by atoms with Crippen LogP contribution in [0.4, 0.5) is 5.13 Å². The van der Waals surface area contributed by atoms with E-state index in [4.69, 9.17) is 0 Å². The molecule has 0 aliphatic heterocycles. The van der Waals surface area contributed by atoms with Gasteiger partial charge in [-0.3, -0.25) is 9.52 Å². The van der Waals surface area contributed by atoms with Crippen LogP contribution in [0.15, 0.2) is 42.0 Å². The van der Waals surface area contributed by atoms with Crippen LogP contribution in [-0.2, 0) is 15.6 Å². The summed E-state index contributed by atoms with van der Waals surface area (Å²) in [5, 5.41) is 17.9. The summed E-state index contributed by atoms with van der Waals surface area (Å²) in [5.41, 5.74) is 0.622. The van der Waals surface area contributed by atoms with Gasteiger partial charge < -0.3 is 10.5 Å². The second-order valence-corrected chi connectivity index (χ2v) is 11.1. The first-order valence-electron chi connectivity index (χ1n) is 10.3. The van der Waals surface area contributed by atoms with Crippen molar-refractivity contribution in [1.29, 1.82) is 0 Å². The van der Waals surface area contributed by atoms with Crippen molar-refractivity contribution in [2.24, 2.45) is 0 Å². The highest BCUT2D eigenvalue weighted by atomic mass is 32.2. The van der Waals surface area contributed by atoms with E-state index >= 15 is 0 Å². The average Bonchev–Trinajstić information content (AvgIpc) is 3.13. The highest BCUT2D eigenvalue weighted by molar-refractivity contribution is 7.93. The van der Waals surface area contributed by atoms with Gasteiger partial charge in [0.2, 0.25) is 10.0 Å². The third kappa shape index (κ3) is 3.97. The Bertz CT molecular complexity index is 1260. The third-order valence-corrected chi connectivity index (χ3v) is 8.80. The van der Waals surface area contributed by atoms with Crippen LogP contribution >= 0.6 is 11.3 Å². The predicted molar refractivity (Wildman–Crippen MR) is 118 cm³/mol. The molecule has 3 aromatic rings. The molecular formula is C21H22N4O4S2. The average molecular weight is 459 g/mol. The summed E-state index contributed by atoms with van der Waals surface area (Å²) in [4.78, 5) is 17.4. The zero-order valence-electron chi connectivity index (χ0n) is 16.7. The Morgan fingerprint density at radius 2 is 1.97 bits per heavy atom. The smallest absolute Gasteiger partial charge is 0.252 e. The molecule has 8 nitrogen and oxygen atoms in total. The first kappa shape index (κ1) is 20.2. The van der Waals surface area contributed by atoms with E-state index in [1.54, 1.807) is 24.3 Å². The highest BCUT2D eigenvalue weighted by Crippen LogP contribution is 2.46. The molecule has 1 aromatic carbocycles. The number of nitrogens with zero attached hydrogens (tertiary/aromatic N) is 2. The van der Waals surface area contributed by atoms with Crippen LogP contribution < -0.4 is 14.8 Å². The lowest BCUT2D eigenvalue weighted by molar-refractivity contribution is -0.603. The minimum Gasteiger partial charge on any atom is -0.619 e. The van der Waals surface area contributed by atoms with E-state index in [0.29, 0.717) is 29.2 Å². The first-order chi connectivity index (χ1) is 14.8. The molecule has 0 spiro atoms. The zero-order chi connectivity index (χ0) is 21.6. The number of carbonyl (C=O) groups is 1. The Labute approximate surface area is 184 Å². The van der Waals surface area contributed by atoms with E-state index in [2.05, 4.69) is 15.0 Å². The Kier molecular flexibility index (Phi) is 4.86. The summed E-state index contributed by atoms with van der Waals surface area (Å²) in [6, 6.07) is 6.87. The molecule has 2 heterocycles. The topological polar surface area (TPSA) is 115 Å². The fourth-order valence-electron chi connectivity index (χ4n) is 4.12. The fourth-order valence-corrected chi connectivity index (χ4v) is 6.72. The molecule has 0 atom stereocenters. The molecule has 0 saturated heterocycles. The van der Waals surface area contributed by atoms with Gasteiger partial charge in [-0.05, 0) is 49.3 Å². The molecule has 0 radical (unpaired) electrons. The van der Waals surface area contributed by atoms with Gasteiger partial charge in [0.1, 0.15) is 0 Å². The van der Waals surface area contributed by atoms with E-state index in [0.717, 1.165) is 41.2 Å². The molecule has 2 aliphatic carbocycles. The maximum absolute atomic E-state index is 12.9. The first-order valence-corrected chi connectivity index (χ1v) is 12.7. The molecule has 5 rings (SSSR count). The molecule has 1 amide bonds. The lowest BCUT2D eigenvalue weighted by Gasteiger charge is -2.16. The number of benzene rings is 1. The molecule has 2 aliphatic rings. The molecule has 0 unspecified atom stereocenters. The Hall–Kier alpha value is -2.72. The van der Waals surface area contributed by atoms with Crippen LogP contribution in [0.25, 0.3) is 10.8 Å². The second-order valence-electron chi connectivity index (χ2n) is 8.28. The van der Waals surface area contributed by atoms with Crippen molar-refractivity contribution in [1.82, 2.24) is 10.3 Å². The summed E-state index contributed by atoms with van der Waals surface area (Å²) in [5.74, 6) is -0.223. The number of rotatable bonds is 6. The van der Waals surface area contributed by atoms with Crippen LogP contribution in [0.3, 0.4) is 0 Å². The van der Waals surface area contributed by atoms with Crippen molar-refractivity contribution in [3.8, 4) is 0 Å². The molecule has 0 bridgehead atoms. The summed E-state index contributed by atoms with van der Waals surface area (Å²) in [6.07, 6.45) is 7.62. The number of hydrogen-bond donors (Lipinski definition) is 2. The van der Waals surface area contributed by atoms with Gasteiger partial charge in [-0.25, -0.2) is 13.4 Å². The Balaban J connectivity index is 1.31. The van der Waals surface area contributed by atoms with Crippen LogP contribution in [0.2, 0.25) is 0 Å². The van der Waals surface area contributed by atoms with E-state index in [1.807, 2.05) is 5.38 Å². The SMILES string of the molecule is O=C(NC1(c2csc(NS(=O)(=O)C3CCCC3)n2)CC1)c1ccc2c[n+]([O-])ccc2c1. The standard InChI is InChI=1S/C21H22N4O4S2/c26-19(15-5-6-16-12-25(27)10-7-14(16)11-15)23-21(8-9-21)18-13-30-20(22-18)24-31(28,29)17-3-1-2-4-17/h5-7,10-13,17H,1-4,8-9H2,(H,22,24)(H,23,26). The van der Waals surface area contributed by atoms with Crippen molar-refractivity contribution in [2.45, 2.75) is 49.3 Å². The van der Waals surface area contributed by atoms with Crippen LogP contribution in [0, 0.1) is 5.21 Å². The highest BCUT2D eigenvalue weighted by Gasteiger charge is 2.48. The molecule has 2 aromatic heterocycles. The van der Waals surface area contributed by atoms with Gasteiger partial charge >= 0.3 is 0 Å². The minimum atomic E-state index is -3.43. The molecular weight excluding hydrogens is 436 g/mol. The number of amides is 1. The Morgan fingerprint density at radius 1 is 1.19 bits per heavy atom. The molecule has 2 saturated carbocycles. The fraction of sp³-hybridized carbons (Fsp3) is 0.381. The van der Waals surface area contributed by atoms with E-state index in [-0.39, 0.29) is 11.2 Å². The van der Waals surface area contributed by atoms with Gasteiger partial charge in [0.05, 0.1) is 16.5 Å². The molecule has 2 fully saturated rings. The lowest BCUT2D eigenvalue weighted by atomic mass is 10.1. The van der Waals surface area contributed by atoms with Gasteiger partial charge in [0, 0.05) is 22.4 Å². The van der Waals surface area contributed by atoms with Crippen molar-refractivity contribution < 1.29 is 17.9 Å². The third-order valence-electron chi connectivity index (χ3n) is 6.08. The second kappa shape index (κ2) is 7.45. The maximum atomic E-state index is 12.9. The molecule has 2 N–H and O–H groups in total. The van der Waals surface area contributed by atoms with E-state index in [1.165, 1.54) is 23.7 Å². The van der Waals surface area contributed by atoms with Gasteiger partial charge in [-0.1, -0.05) is 12.8 Å². The Morgan fingerprint density at radius 3 is 2.71 bits per heavy atom. The number of thiazole rings is 1. The van der Waals surface area contributed by atoms with E-state index in [9.17, 15) is 18.4 Å².